The maximum atomic E-state index is 10.4. The zero-order chi connectivity index (χ0) is 13.9. The first-order valence-corrected chi connectivity index (χ1v) is 8.26. The standard InChI is InChI=1S/C18H27NO/c1-14(15-8-3-2-4-9-15)19-13-7-11-17(19)16-10-5-6-12-18(16)20/h2-4,8-9,14,16-18,20H,5-7,10-13H2,1H3. The Bertz CT molecular complexity index is 419. The van der Waals surface area contributed by atoms with Crippen molar-refractivity contribution in [1.82, 2.24) is 4.90 Å². The predicted molar refractivity (Wildman–Crippen MR) is 82.5 cm³/mol. The van der Waals surface area contributed by atoms with Gasteiger partial charge in [0, 0.05) is 18.0 Å². The van der Waals surface area contributed by atoms with Crippen LogP contribution in [-0.2, 0) is 0 Å². The molecule has 0 amide bonds. The molecule has 2 aliphatic rings. The van der Waals surface area contributed by atoms with E-state index in [9.17, 15) is 5.11 Å². The van der Waals surface area contributed by atoms with Crippen LogP contribution < -0.4 is 0 Å². The topological polar surface area (TPSA) is 23.5 Å². The van der Waals surface area contributed by atoms with Crippen molar-refractivity contribution in [3.8, 4) is 0 Å². The molecule has 0 spiro atoms. The third-order valence-electron chi connectivity index (χ3n) is 5.40. The number of likely N-dealkylation sites (tertiary alicyclic amines) is 1. The molecular formula is C18H27NO. The minimum absolute atomic E-state index is 0.0719. The first-order chi connectivity index (χ1) is 9.77. The molecule has 1 aromatic rings. The first kappa shape index (κ1) is 14.1. The third kappa shape index (κ3) is 2.77. The normalized spacial score (nSPS) is 33.2. The van der Waals surface area contributed by atoms with Crippen LogP contribution in [0.4, 0.5) is 0 Å². The van der Waals surface area contributed by atoms with E-state index in [-0.39, 0.29) is 6.10 Å². The molecule has 2 heteroatoms. The number of hydrogen-bond acceptors (Lipinski definition) is 2. The van der Waals surface area contributed by atoms with Gasteiger partial charge in [-0.2, -0.15) is 0 Å². The molecule has 1 saturated carbocycles. The van der Waals surface area contributed by atoms with E-state index in [0.29, 0.717) is 18.0 Å². The molecule has 0 radical (unpaired) electrons. The highest BCUT2D eigenvalue weighted by atomic mass is 16.3. The fourth-order valence-electron chi connectivity index (χ4n) is 4.27. The molecule has 1 saturated heterocycles. The van der Waals surface area contributed by atoms with E-state index in [1.54, 1.807) is 0 Å². The van der Waals surface area contributed by atoms with E-state index < -0.39 is 0 Å². The van der Waals surface area contributed by atoms with Gasteiger partial charge in [-0.3, -0.25) is 4.90 Å². The number of hydrogen-bond donors (Lipinski definition) is 1. The summed E-state index contributed by atoms with van der Waals surface area (Å²) in [5, 5.41) is 10.4. The van der Waals surface area contributed by atoms with E-state index in [1.807, 2.05) is 0 Å². The maximum absolute atomic E-state index is 10.4. The summed E-state index contributed by atoms with van der Waals surface area (Å²) in [6.07, 6.45) is 7.20. The van der Waals surface area contributed by atoms with Gasteiger partial charge in [0.15, 0.2) is 0 Å². The summed E-state index contributed by atoms with van der Waals surface area (Å²) in [5.74, 6) is 0.498. The van der Waals surface area contributed by atoms with Crippen LogP contribution in [-0.4, -0.2) is 28.7 Å². The summed E-state index contributed by atoms with van der Waals surface area (Å²) in [6, 6.07) is 11.9. The number of rotatable bonds is 3. The van der Waals surface area contributed by atoms with Crippen LogP contribution in [0.1, 0.15) is 57.1 Å². The Labute approximate surface area is 122 Å². The molecule has 2 fully saturated rings. The molecule has 1 N–H and O–H groups in total. The summed E-state index contributed by atoms with van der Waals surface area (Å²) in [4.78, 5) is 2.65. The van der Waals surface area contributed by atoms with Crippen LogP contribution in [0.15, 0.2) is 30.3 Å². The zero-order valence-electron chi connectivity index (χ0n) is 12.5. The predicted octanol–water partition coefficient (Wildman–Crippen LogP) is 3.76. The van der Waals surface area contributed by atoms with Crippen molar-refractivity contribution in [2.24, 2.45) is 5.92 Å². The van der Waals surface area contributed by atoms with E-state index in [1.165, 1.54) is 44.2 Å². The minimum Gasteiger partial charge on any atom is -0.393 e. The molecular weight excluding hydrogens is 246 g/mol. The maximum Gasteiger partial charge on any atom is 0.0583 e. The highest BCUT2D eigenvalue weighted by Gasteiger charge is 2.38. The summed E-state index contributed by atoms with van der Waals surface area (Å²) in [7, 11) is 0. The average molecular weight is 273 g/mol. The van der Waals surface area contributed by atoms with Gasteiger partial charge in [0.1, 0.15) is 0 Å². The lowest BCUT2D eigenvalue weighted by Gasteiger charge is -2.40. The smallest absolute Gasteiger partial charge is 0.0583 e. The van der Waals surface area contributed by atoms with E-state index in [0.717, 1.165) is 6.42 Å². The summed E-state index contributed by atoms with van der Waals surface area (Å²) in [5.41, 5.74) is 1.41. The lowest BCUT2D eigenvalue weighted by atomic mass is 9.80. The molecule has 4 atom stereocenters. The fraction of sp³-hybridized carbons (Fsp3) is 0.667. The Balaban J connectivity index is 1.75. The van der Waals surface area contributed by atoms with Crippen LogP contribution in [0.25, 0.3) is 0 Å². The molecule has 1 heterocycles. The minimum atomic E-state index is -0.0719. The second-order valence-corrected chi connectivity index (χ2v) is 6.55. The highest BCUT2D eigenvalue weighted by Crippen LogP contribution is 2.38. The van der Waals surface area contributed by atoms with Crippen molar-refractivity contribution in [2.45, 2.75) is 63.6 Å². The SMILES string of the molecule is CC(c1ccccc1)N1CCCC1C1CCCCC1O. The van der Waals surface area contributed by atoms with Crippen LogP contribution in [0.2, 0.25) is 0 Å². The van der Waals surface area contributed by atoms with Crippen molar-refractivity contribution in [3.63, 3.8) is 0 Å². The largest absolute Gasteiger partial charge is 0.393 e. The van der Waals surface area contributed by atoms with Gasteiger partial charge >= 0.3 is 0 Å². The molecule has 2 nitrogen and oxygen atoms in total. The monoisotopic (exact) mass is 273 g/mol. The first-order valence-electron chi connectivity index (χ1n) is 8.26. The van der Waals surface area contributed by atoms with Crippen LogP contribution in [0.3, 0.4) is 0 Å². The summed E-state index contributed by atoms with van der Waals surface area (Å²) >= 11 is 0. The molecule has 20 heavy (non-hydrogen) atoms. The van der Waals surface area contributed by atoms with Crippen molar-refractivity contribution in [1.29, 1.82) is 0 Å². The number of benzene rings is 1. The van der Waals surface area contributed by atoms with Gasteiger partial charge in [-0.1, -0.05) is 43.2 Å². The van der Waals surface area contributed by atoms with Gasteiger partial charge in [0.2, 0.25) is 0 Å². The van der Waals surface area contributed by atoms with Crippen LogP contribution >= 0.6 is 0 Å². The van der Waals surface area contributed by atoms with E-state index in [4.69, 9.17) is 0 Å². The molecule has 4 unspecified atom stereocenters. The summed E-state index contributed by atoms with van der Waals surface area (Å²) in [6.45, 7) is 3.51. The van der Waals surface area contributed by atoms with Crippen molar-refractivity contribution >= 4 is 0 Å². The second kappa shape index (κ2) is 6.28. The second-order valence-electron chi connectivity index (χ2n) is 6.55. The van der Waals surface area contributed by atoms with Gasteiger partial charge < -0.3 is 5.11 Å². The van der Waals surface area contributed by atoms with Gasteiger partial charge in [0.25, 0.3) is 0 Å². The molecule has 1 aliphatic carbocycles. The third-order valence-corrected chi connectivity index (χ3v) is 5.40. The zero-order valence-corrected chi connectivity index (χ0v) is 12.5. The van der Waals surface area contributed by atoms with E-state index in [2.05, 4.69) is 42.2 Å². The number of nitrogens with zero attached hydrogens (tertiary/aromatic N) is 1. The molecule has 1 aliphatic heterocycles. The van der Waals surface area contributed by atoms with Crippen molar-refractivity contribution in [3.05, 3.63) is 35.9 Å². The number of aliphatic hydroxyl groups excluding tert-OH is 1. The van der Waals surface area contributed by atoms with Crippen molar-refractivity contribution in [2.75, 3.05) is 6.54 Å². The Morgan fingerprint density at radius 1 is 1.05 bits per heavy atom. The van der Waals surface area contributed by atoms with Crippen LogP contribution in [0, 0.1) is 5.92 Å². The Hall–Kier alpha value is -0.860. The quantitative estimate of drug-likeness (QED) is 0.906. The van der Waals surface area contributed by atoms with E-state index >= 15 is 0 Å². The molecule has 0 aromatic heterocycles. The van der Waals surface area contributed by atoms with Crippen molar-refractivity contribution < 1.29 is 5.11 Å². The average Bonchev–Trinajstić information content (AvgIpc) is 2.97. The van der Waals surface area contributed by atoms with Crippen LogP contribution in [0.5, 0.6) is 0 Å². The molecule has 1 aromatic carbocycles. The lowest BCUT2D eigenvalue weighted by Crippen LogP contribution is -2.43. The lowest BCUT2D eigenvalue weighted by molar-refractivity contribution is 0.0121. The fourth-order valence-corrected chi connectivity index (χ4v) is 4.27. The van der Waals surface area contributed by atoms with Gasteiger partial charge in [0.05, 0.1) is 6.10 Å². The van der Waals surface area contributed by atoms with Gasteiger partial charge in [-0.05, 0) is 44.7 Å². The number of aliphatic hydroxyl groups is 1. The Morgan fingerprint density at radius 2 is 1.80 bits per heavy atom. The van der Waals surface area contributed by atoms with Gasteiger partial charge in [-0.25, -0.2) is 0 Å². The summed E-state index contributed by atoms with van der Waals surface area (Å²) < 4.78 is 0. The molecule has 0 bridgehead atoms. The Kier molecular flexibility index (Phi) is 4.42. The van der Waals surface area contributed by atoms with Gasteiger partial charge in [-0.15, -0.1) is 0 Å². The highest BCUT2D eigenvalue weighted by molar-refractivity contribution is 5.19. The molecule has 3 rings (SSSR count). The molecule has 110 valence electrons. The Morgan fingerprint density at radius 3 is 2.55 bits per heavy atom.